The Morgan fingerprint density at radius 1 is 0.481 bits per heavy atom. The summed E-state index contributed by atoms with van der Waals surface area (Å²) in [6, 6.07) is 0. The van der Waals surface area contributed by atoms with Gasteiger partial charge in [0.2, 0.25) is 0 Å². The summed E-state index contributed by atoms with van der Waals surface area (Å²) in [5.74, 6) is -0.266. The van der Waals surface area contributed by atoms with Crippen molar-refractivity contribution in [3.05, 3.63) is 0 Å². The molecule has 0 aromatic heterocycles. The molecule has 0 radical (unpaired) electrons. The van der Waals surface area contributed by atoms with Crippen molar-refractivity contribution in [2.75, 3.05) is 33.9 Å². The molecular weight excluding hydrogens is 675 g/mol. The molecule has 0 aliphatic rings. The summed E-state index contributed by atoms with van der Waals surface area (Å²) in [6.07, 6.45) is 32.8. The van der Waals surface area contributed by atoms with Crippen LogP contribution in [0.1, 0.15) is 234 Å². The van der Waals surface area contributed by atoms with Crippen LogP contribution in [0.3, 0.4) is 0 Å². The zero-order valence-corrected chi connectivity index (χ0v) is 37.3. The van der Waals surface area contributed by atoms with Gasteiger partial charge in [-0.3, -0.25) is 14.4 Å². The fourth-order valence-corrected chi connectivity index (χ4v) is 7.03. The standard InChI is InChI=1S/C47H91NO6/c1-9-11-13-15-17-19-21-23-31-40-52-44(50)46(3,4)37-29-25-27-34-42(54-43(49)36-33-39-48(7)8)35-28-26-30-38-47(5,6)45(51)53-41-32-24-22-20-18-16-14-12-10-2/h42H,9-41H2,1-8H3. The maximum atomic E-state index is 12.8. The third-order valence-corrected chi connectivity index (χ3v) is 11.0. The van der Waals surface area contributed by atoms with Gasteiger partial charge in [-0.05, 0) is 106 Å². The lowest BCUT2D eigenvalue weighted by Gasteiger charge is -2.23. The summed E-state index contributed by atoms with van der Waals surface area (Å²) in [7, 11) is 4.04. The van der Waals surface area contributed by atoms with E-state index in [-0.39, 0.29) is 24.0 Å². The van der Waals surface area contributed by atoms with Gasteiger partial charge < -0.3 is 19.1 Å². The molecule has 320 valence electrons. The van der Waals surface area contributed by atoms with Crippen LogP contribution >= 0.6 is 0 Å². The summed E-state index contributed by atoms with van der Waals surface area (Å²) in [5, 5.41) is 0. The van der Waals surface area contributed by atoms with Gasteiger partial charge in [0, 0.05) is 6.42 Å². The molecule has 0 atom stereocenters. The highest BCUT2D eigenvalue weighted by Crippen LogP contribution is 2.28. The second kappa shape index (κ2) is 34.6. The van der Waals surface area contributed by atoms with E-state index in [1.807, 2.05) is 41.8 Å². The van der Waals surface area contributed by atoms with E-state index in [9.17, 15) is 14.4 Å². The van der Waals surface area contributed by atoms with Crippen LogP contribution in [0.15, 0.2) is 0 Å². The fraction of sp³-hybridized carbons (Fsp3) is 0.936. The molecule has 54 heavy (non-hydrogen) atoms. The molecule has 0 aliphatic heterocycles. The molecule has 0 amide bonds. The van der Waals surface area contributed by atoms with Gasteiger partial charge in [0.1, 0.15) is 6.10 Å². The van der Waals surface area contributed by atoms with Crippen molar-refractivity contribution >= 4 is 17.9 Å². The van der Waals surface area contributed by atoms with Gasteiger partial charge in [0.05, 0.1) is 24.0 Å². The third kappa shape index (κ3) is 31.6. The lowest BCUT2D eigenvalue weighted by molar-refractivity contribution is -0.155. The summed E-state index contributed by atoms with van der Waals surface area (Å²) in [4.78, 5) is 40.4. The zero-order valence-electron chi connectivity index (χ0n) is 37.3. The molecule has 0 aliphatic carbocycles. The quantitative estimate of drug-likeness (QED) is 0.0350. The second-order valence-corrected chi connectivity index (χ2v) is 17.9. The number of nitrogens with zero attached hydrogens (tertiary/aromatic N) is 1. The van der Waals surface area contributed by atoms with E-state index in [4.69, 9.17) is 14.2 Å². The Morgan fingerprint density at radius 2 is 0.833 bits per heavy atom. The number of carbonyl (C=O) groups excluding carboxylic acids is 3. The summed E-state index contributed by atoms with van der Waals surface area (Å²) >= 11 is 0. The topological polar surface area (TPSA) is 82.1 Å². The highest BCUT2D eigenvalue weighted by atomic mass is 16.5. The van der Waals surface area contributed by atoms with Crippen LogP contribution in [0, 0.1) is 10.8 Å². The van der Waals surface area contributed by atoms with Crippen molar-refractivity contribution in [1.29, 1.82) is 0 Å². The largest absolute Gasteiger partial charge is 0.465 e. The average molecular weight is 766 g/mol. The predicted molar refractivity (Wildman–Crippen MR) is 228 cm³/mol. The first-order chi connectivity index (χ1) is 25.9. The normalized spacial score (nSPS) is 12.1. The Kier molecular flexibility index (Phi) is 33.6. The Balaban J connectivity index is 4.45. The Bertz CT molecular complexity index is 843. The Labute approximate surface area is 335 Å². The molecule has 0 N–H and O–H groups in total. The van der Waals surface area contributed by atoms with E-state index in [2.05, 4.69) is 18.7 Å². The van der Waals surface area contributed by atoms with Crippen LogP contribution in [0.5, 0.6) is 0 Å². The van der Waals surface area contributed by atoms with Gasteiger partial charge in [0.15, 0.2) is 0 Å². The number of hydrogen-bond acceptors (Lipinski definition) is 7. The number of carbonyl (C=O) groups is 3. The lowest BCUT2D eigenvalue weighted by atomic mass is 9.86. The van der Waals surface area contributed by atoms with E-state index >= 15 is 0 Å². The van der Waals surface area contributed by atoms with Crippen LogP contribution in [-0.2, 0) is 28.6 Å². The van der Waals surface area contributed by atoms with E-state index in [0.717, 1.165) is 103 Å². The molecule has 0 aromatic rings. The number of rotatable bonds is 39. The number of unbranched alkanes of at least 4 members (excludes halogenated alkanes) is 20. The van der Waals surface area contributed by atoms with Crippen molar-refractivity contribution in [1.82, 2.24) is 4.90 Å². The third-order valence-electron chi connectivity index (χ3n) is 11.0. The molecule has 0 saturated carbocycles. The van der Waals surface area contributed by atoms with Gasteiger partial charge in [0.25, 0.3) is 0 Å². The lowest BCUT2D eigenvalue weighted by Crippen LogP contribution is -2.27. The number of ether oxygens (including phenoxy) is 3. The van der Waals surface area contributed by atoms with E-state index in [0.29, 0.717) is 19.6 Å². The first-order valence-corrected chi connectivity index (χ1v) is 23.0. The molecule has 0 heterocycles. The highest BCUT2D eigenvalue weighted by molar-refractivity contribution is 5.76. The molecule has 0 rings (SSSR count). The first-order valence-electron chi connectivity index (χ1n) is 23.0. The minimum atomic E-state index is -0.481. The van der Waals surface area contributed by atoms with Crippen LogP contribution in [0.25, 0.3) is 0 Å². The summed E-state index contributed by atoms with van der Waals surface area (Å²) < 4.78 is 17.3. The number of hydrogen-bond donors (Lipinski definition) is 0. The molecule has 7 heteroatoms. The van der Waals surface area contributed by atoms with E-state index < -0.39 is 10.8 Å². The highest BCUT2D eigenvalue weighted by Gasteiger charge is 2.29. The van der Waals surface area contributed by atoms with Gasteiger partial charge in [-0.15, -0.1) is 0 Å². The minimum Gasteiger partial charge on any atom is -0.465 e. The fourth-order valence-electron chi connectivity index (χ4n) is 7.03. The SMILES string of the molecule is CCCCCCCCCCCOC(=O)C(C)(C)CCCCCC(CCCCCC(C)(C)C(=O)OCCCCCCCCCCC)OC(=O)CCCN(C)C. The van der Waals surface area contributed by atoms with Crippen LogP contribution in [0.4, 0.5) is 0 Å². The Morgan fingerprint density at radius 3 is 1.20 bits per heavy atom. The van der Waals surface area contributed by atoms with Crippen LogP contribution < -0.4 is 0 Å². The van der Waals surface area contributed by atoms with Crippen molar-refractivity contribution in [3.63, 3.8) is 0 Å². The predicted octanol–water partition coefficient (Wildman–Crippen LogP) is 13.3. The van der Waals surface area contributed by atoms with Gasteiger partial charge in [-0.25, -0.2) is 0 Å². The van der Waals surface area contributed by atoms with Crippen molar-refractivity contribution in [3.8, 4) is 0 Å². The maximum absolute atomic E-state index is 12.8. The zero-order chi connectivity index (χ0) is 40.3. The van der Waals surface area contributed by atoms with Gasteiger partial charge in [-0.1, -0.05) is 142 Å². The molecule has 0 aromatic carbocycles. The molecule has 0 unspecified atom stereocenters. The molecular formula is C47H91NO6. The van der Waals surface area contributed by atoms with Crippen molar-refractivity contribution in [2.24, 2.45) is 10.8 Å². The minimum absolute atomic E-state index is 0.0816. The van der Waals surface area contributed by atoms with E-state index in [1.165, 1.54) is 89.9 Å². The molecule has 0 fully saturated rings. The number of esters is 3. The molecule has 7 nitrogen and oxygen atoms in total. The maximum Gasteiger partial charge on any atom is 0.311 e. The smallest absolute Gasteiger partial charge is 0.311 e. The first kappa shape index (κ1) is 52.4. The summed E-state index contributed by atoms with van der Waals surface area (Å²) in [6.45, 7) is 14.4. The van der Waals surface area contributed by atoms with Crippen LogP contribution in [0.2, 0.25) is 0 Å². The van der Waals surface area contributed by atoms with E-state index in [1.54, 1.807) is 0 Å². The average Bonchev–Trinajstić information content (AvgIpc) is 3.12. The van der Waals surface area contributed by atoms with Crippen molar-refractivity contribution in [2.45, 2.75) is 240 Å². The monoisotopic (exact) mass is 766 g/mol. The van der Waals surface area contributed by atoms with Crippen molar-refractivity contribution < 1.29 is 28.6 Å². The van der Waals surface area contributed by atoms with Gasteiger partial charge >= 0.3 is 17.9 Å². The molecule has 0 saturated heterocycles. The van der Waals surface area contributed by atoms with Crippen LogP contribution in [-0.4, -0.2) is 62.8 Å². The summed E-state index contributed by atoms with van der Waals surface area (Å²) in [5.41, 5.74) is -0.962. The molecule has 0 bridgehead atoms. The van der Waals surface area contributed by atoms with Gasteiger partial charge in [-0.2, -0.15) is 0 Å². The second-order valence-electron chi connectivity index (χ2n) is 17.9. The molecule has 0 spiro atoms. The Hall–Kier alpha value is -1.63.